The molecule has 0 spiro atoms. The third kappa shape index (κ3) is 3.62. The van der Waals surface area contributed by atoms with Crippen LogP contribution in [0.4, 0.5) is 13.2 Å². The highest BCUT2D eigenvalue weighted by Gasteiger charge is 2.16. The summed E-state index contributed by atoms with van der Waals surface area (Å²) in [6.45, 7) is 7.08. The molecule has 0 bridgehead atoms. The summed E-state index contributed by atoms with van der Waals surface area (Å²) in [7, 11) is 0. The number of hydrogen-bond acceptors (Lipinski definition) is 0. The smallest absolute Gasteiger partial charge is 0.210 e. The van der Waals surface area contributed by atoms with Crippen LogP contribution in [-0.4, -0.2) is 6.43 Å². The van der Waals surface area contributed by atoms with Gasteiger partial charge in [-0.1, -0.05) is 32.6 Å². The van der Waals surface area contributed by atoms with Crippen LogP contribution in [0, 0.1) is 11.7 Å². The molecule has 0 aromatic heterocycles. The summed E-state index contributed by atoms with van der Waals surface area (Å²) < 4.78 is 38.3. The highest BCUT2D eigenvalue weighted by Crippen LogP contribution is 2.25. The molecular formula is C14H17F3. The summed E-state index contributed by atoms with van der Waals surface area (Å²) in [4.78, 5) is 0. The predicted octanol–water partition coefficient (Wildman–Crippen LogP) is 4.69. The minimum Gasteiger partial charge on any atom is -0.210 e. The molecule has 0 aliphatic carbocycles. The van der Waals surface area contributed by atoms with Crippen molar-refractivity contribution >= 4 is 5.57 Å². The van der Waals surface area contributed by atoms with E-state index in [-0.39, 0.29) is 12.2 Å². The first kappa shape index (κ1) is 13.8. The number of benzene rings is 1. The molecule has 0 N–H and O–H groups in total. The molecule has 1 unspecified atom stereocenters. The van der Waals surface area contributed by atoms with Crippen LogP contribution < -0.4 is 0 Å². The van der Waals surface area contributed by atoms with Gasteiger partial charge in [0.1, 0.15) is 5.82 Å². The maximum Gasteiger partial charge on any atom is 0.241 e. The van der Waals surface area contributed by atoms with Crippen molar-refractivity contribution in [1.29, 1.82) is 0 Å². The molecule has 0 amide bonds. The molecule has 0 aliphatic rings. The molecule has 94 valence electrons. The van der Waals surface area contributed by atoms with Gasteiger partial charge in [0.25, 0.3) is 0 Å². The Hall–Kier alpha value is -1.25. The Labute approximate surface area is 100 Å². The highest BCUT2D eigenvalue weighted by atomic mass is 19.3. The molecule has 0 saturated carbocycles. The number of aryl methyl sites for hydroxylation is 1. The van der Waals surface area contributed by atoms with E-state index in [4.69, 9.17) is 0 Å². The lowest BCUT2D eigenvalue weighted by Crippen LogP contribution is -2.07. The van der Waals surface area contributed by atoms with E-state index in [1.165, 1.54) is 13.0 Å². The SMILES string of the molecule is C=C(CC(C)C(F)F)c1ccc(CC)c(F)c1. The van der Waals surface area contributed by atoms with Crippen LogP contribution in [0.2, 0.25) is 0 Å². The van der Waals surface area contributed by atoms with Gasteiger partial charge in [0.15, 0.2) is 0 Å². The average Bonchev–Trinajstić information content (AvgIpc) is 2.28. The van der Waals surface area contributed by atoms with Crippen molar-refractivity contribution in [3.8, 4) is 0 Å². The first-order chi connectivity index (χ1) is 7.95. The molecule has 0 aliphatic heterocycles. The van der Waals surface area contributed by atoms with Gasteiger partial charge in [0, 0.05) is 5.92 Å². The lowest BCUT2D eigenvalue weighted by Gasteiger charge is -2.13. The third-order valence-corrected chi connectivity index (χ3v) is 2.84. The normalized spacial score (nSPS) is 12.8. The Bertz CT molecular complexity index is 396. The first-order valence-corrected chi connectivity index (χ1v) is 5.70. The maximum absolute atomic E-state index is 13.5. The van der Waals surface area contributed by atoms with Crippen molar-refractivity contribution < 1.29 is 13.2 Å². The zero-order valence-electron chi connectivity index (χ0n) is 10.1. The number of halogens is 3. The van der Waals surface area contributed by atoms with Crippen LogP contribution in [0.15, 0.2) is 24.8 Å². The fraction of sp³-hybridized carbons (Fsp3) is 0.429. The van der Waals surface area contributed by atoms with Gasteiger partial charge in [-0.2, -0.15) is 0 Å². The van der Waals surface area contributed by atoms with Crippen LogP contribution in [0.1, 0.15) is 31.4 Å². The molecule has 1 aromatic rings. The van der Waals surface area contributed by atoms with Gasteiger partial charge in [-0.05, 0) is 35.6 Å². The number of rotatable bonds is 5. The van der Waals surface area contributed by atoms with Crippen LogP contribution >= 0.6 is 0 Å². The first-order valence-electron chi connectivity index (χ1n) is 5.70. The fourth-order valence-electron chi connectivity index (χ4n) is 1.65. The molecule has 1 atom stereocenters. The summed E-state index contributed by atoms with van der Waals surface area (Å²) in [5.41, 5.74) is 1.79. The molecule has 0 heterocycles. The Morgan fingerprint density at radius 2 is 2.00 bits per heavy atom. The van der Waals surface area contributed by atoms with E-state index in [0.717, 1.165) is 0 Å². The average molecular weight is 242 g/mol. The molecule has 3 heteroatoms. The second-order valence-corrected chi connectivity index (χ2v) is 4.28. The summed E-state index contributed by atoms with van der Waals surface area (Å²) in [5, 5.41) is 0. The fourth-order valence-corrected chi connectivity index (χ4v) is 1.65. The summed E-state index contributed by atoms with van der Waals surface area (Å²) in [6, 6.07) is 4.80. The lowest BCUT2D eigenvalue weighted by atomic mass is 9.96. The van der Waals surface area contributed by atoms with Gasteiger partial charge < -0.3 is 0 Å². The molecular weight excluding hydrogens is 225 g/mol. The van der Waals surface area contributed by atoms with Gasteiger partial charge in [0.2, 0.25) is 6.43 Å². The second kappa shape index (κ2) is 5.89. The van der Waals surface area contributed by atoms with E-state index in [1.807, 2.05) is 6.92 Å². The molecule has 0 radical (unpaired) electrons. The van der Waals surface area contributed by atoms with Crippen molar-refractivity contribution in [1.82, 2.24) is 0 Å². The minimum absolute atomic E-state index is 0.183. The largest absolute Gasteiger partial charge is 0.241 e. The van der Waals surface area contributed by atoms with Crippen molar-refractivity contribution in [2.45, 2.75) is 33.1 Å². The Kier molecular flexibility index (Phi) is 4.79. The monoisotopic (exact) mass is 242 g/mol. The van der Waals surface area contributed by atoms with Crippen molar-refractivity contribution in [2.75, 3.05) is 0 Å². The quantitative estimate of drug-likeness (QED) is 0.702. The number of allylic oxidation sites excluding steroid dienone is 1. The van der Waals surface area contributed by atoms with Crippen molar-refractivity contribution in [3.05, 3.63) is 41.7 Å². The van der Waals surface area contributed by atoms with E-state index in [1.54, 1.807) is 12.1 Å². The summed E-state index contributed by atoms with van der Waals surface area (Å²) >= 11 is 0. The molecule has 17 heavy (non-hydrogen) atoms. The second-order valence-electron chi connectivity index (χ2n) is 4.28. The zero-order chi connectivity index (χ0) is 13.0. The van der Waals surface area contributed by atoms with E-state index in [2.05, 4.69) is 6.58 Å². The Morgan fingerprint density at radius 1 is 1.35 bits per heavy atom. The molecule has 1 rings (SSSR count). The minimum atomic E-state index is -2.37. The predicted molar refractivity (Wildman–Crippen MR) is 64.6 cm³/mol. The lowest BCUT2D eigenvalue weighted by molar-refractivity contribution is 0.0890. The van der Waals surface area contributed by atoms with Gasteiger partial charge in [-0.15, -0.1) is 0 Å². The summed E-state index contributed by atoms with van der Waals surface area (Å²) in [5.74, 6) is -1.05. The van der Waals surface area contributed by atoms with Gasteiger partial charge in [-0.25, -0.2) is 13.2 Å². The summed E-state index contributed by atoms with van der Waals surface area (Å²) in [6.07, 6.45) is -1.57. The van der Waals surface area contributed by atoms with Crippen molar-refractivity contribution in [2.24, 2.45) is 5.92 Å². The van der Waals surface area contributed by atoms with E-state index in [0.29, 0.717) is 23.1 Å². The van der Waals surface area contributed by atoms with E-state index < -0.39 is 12.3 Å². The van der Waals surface area contributed by atoms with Crippen LogP contribution in [0.25, 0.3) is 5.57 Å². The third-order valence-electron chi connectivity index (χ3n) is 2.84. The van der Waals surface area contributed by atoms with Crippen LogP contribution in [-0.2, 0) is 6.42 Å². The van der Waals surface area contributed by atoms with E-state index in [9.17, 15) is 13.2 Å². The van der Waals surface area contributed by atoms with Gasteiger partial charge in [-0.3, -0.25) is 0 Å². The maximum atomic E-state index is 13.5. The Balaban J connectivity index is 2.80. The van der Waals surface area contributed by atoms with Crippen LogP contribution in [0.3, 0.4) is 0 Å². The number of hydrogen-bond donors (Lipinski definition) is 0. The van der Waals surface area contributed by atoms with Gasteiger partial charge in [0.05, 0.1) is 0 Å². The van der Waals surface area contributed by atoms with Crippen molar-refractivity contribution in [3.63, 3.8) is 0 Å². The van der Waals surface area contributed by atoms with Crippen LogP contribution in [0.5, 0.6) is 0 Å². The molecule has 0 fully saturated rings. The molecule has 0 saturated heterocycles. The topological polar surface area (TPSA) is 0 Å². The molecule has 0 nitrogen and oxygen atoms in total. The standard InChI is InChI=1S/C14H17F3/c1-4-11-5-6-12(8-13(11)15)9(2)7-10(3)14(16)17/h5-6,8,10,14H,2,4,7H2,1,3H3. The molecule has 1 aromatic carbocycles. The highest BCUT2D eigenvalue weighted by molar-refractivity contribution is 5.63. The van der Waals surface area contributed by atoms with Gasteiger partial charge >= 0.3 is 0 Å². The number of alkyl halides is 2. The zero-order valence-corrected chi connectivity index (χ0v) is 10.1. The van der Waals surface area contributed by atoms with E-state index >= 15 is 0 Å². The Morgan fingerprint density at radius 3 is 2.47 bits per heavy atom.